The molecule has 5 heteroatoms. The van der Waals surface area contributed by atoms with E-state index in [1.807, 2.05) is 39.0 Å². The maximum atomic E-state index is 11.7. The van der Waals surface area contributed by atoms with Gasteiger partial charge in [0.2, 0.25) is 5.91 Å². The van der Waals surface area contributed by atoms with Gasteiger partial charge >= 0.3 is 0 Å². The van der Waals surface area contributed by atoms with Crippen molar-refractivity contribution in [2.24, 2.45) is 5.41 Å². The fraction of sp³-hybridized carbons (Fsp3) is 0.562. The Morgan fingerprint density at radius 2 is 2.00 bits per heavy atom. The van der Waals surface area contributed by atoms with Crippen molar-refractivity contribution in [1.29, 1.82) is 0 Å². The Morgan fingerprint density at radius 3 is 2.57 bits per heavy atom. The molecule has 0 saturated heterocycles. The minimum absolute atomic E-state index is 0.0275. The van der Waals surface area contributed by atoms with Gasteiger partial charge in [0.15, 0.2) is 11.5 Å². The number of rotatable bonds is 8. The first-order chi connectivity index (χ1) is 9.94. The summed E-state index contributed by atoms with van der Waals surface area (Å²) < 4.78 is 10.8. The van der Waals surface area contributed by atoms with Crippen LogP contribution in [-0.2, 0) is 11.3 Å². The summed E-state index contributed by atoms with van der Waals surface area (Å²) in [5.74, 6) is 1.50. The molecule has 0 aromatic heterocycles. The van der Waals surface area contributed by atoms with E-state index in [2.05, 4.69) is 10.6 Å². The summed E-state index contributed by atoms with van der Waals surface area (Å²) in [6.07, 6.45) is 0. The second-order valence-corrected chi connectivity index (χ2v) is 5.48. The molecule has 0 atom stereocenters. The van der Waals surface area contributed by atoms with E-state index in [0.29, 0.717) is 19.7 Å². The van der Waals surface area contributed by atoms with E-state index >= 15 is 0 Å². The first kappa shape index (κ1) is 17.3. The average Bonchev–Trinajstić information content (AvgIpc) is 2.47. The van der Waals surface area contributed by atoms with E-state index in [1.165, 1.54) is 0 Å². The summed E-state index contributed by atoms with van der Waals surface area (Å²) in [5.41, 5.74) is 0.649. The average molecular weight is 294 g/mol. The third-order valence-electron chi connectivity index (χ3n) is 3.27. The number of ether oxygens (including phenoxy) is 2. The lowest BCUT2D eigenvalue weighted by molar-refractivity contribution is -0.128. The summed E-state index contributed by atoms with van der Waals surface area (Å²) in [7, 11) is 3.28. The SMILES string of the molecule is CCOc1cc(CNCC(C)(C)C(=O)NC)ccc1OC. The number of hydrogen-bond acceptors (Lipinski definition) is 4. The van der Waals surface area contributed by atoms with E-state index in [1.54, 1.807) is 14.2 Å². The smallest absolute Gasteiger partial charge is 0.226 e. The standard InChI is InChI=1S/C16H26N2O3/c1-6-21-14-9-12(7-8-13(14)20-5)10-18-11-16(2,3)15(19)17-4/h7-9,18H,6,10-11H2,1-5H3,(H,17,19). The van der Waals surface area contributed by atoms with Gasteiger partial charge in [0.05, 0.1) is 19.1 Å². The second kappa shape index (κ2) is 7.88. The molecule has 0 heterocycles. The molecule has 0 aliphatic heterocycles. The topological polar surface area (TPSA) is 59.6 Å². The number of benzene rings is 1. The van der Waals surface area contributed by atoms with Gasteiger partial charge in [0, 0.05) is 20.1 Å². The minimum Gasteiger partial charge on any atom is -0.493 e. The number of nitrogens with one attached hydrogen (secondary N) is 2. The highest BCUT2D eigenvalue weighted by Gasteiger charge is 2.25. The zero-order valence-electron chi connectivity index (χ0n) is 13.6. The fourth-order valence-electron chi connectivity index (χ4n) is 2.04. The number of carbonyl (C=O) groups is 1. The quantitative estimate of drug-likeness (QED) is 0.769. The van der Waals surface area contributed by atoms with Gasteiger partial charge in [-0.05, 0) is 38.5 Å². The van der Waals surface area contributed by atoms with Crippen LogP contribution in [0.1, 0.15) is 26.3 Å². The first-order valence-electron chi connectivity index (χ1n) is 7.17. The van der Waals surface area contributed by atoms with Gasteiger partial charge in [-0.15, -0.1) is 0 Å². The molecule has 0 bridgehead atoms. The third-order valence-corrected chi connectivity index (χ3v) is 3.27. The van der Waals surface area contributed by atoms with Crippen molar-refractivity contribution in [3.05, 3.63) is 23.8 Å². The van der Waals surface area contributed by atoms with Crippen molar-refractivity contribution in [2.45, 2.75) is 27.3 Å². The van der Waals surface area contributed by atoms with Gasteiger partial charge in [0.25, 0.3) is 0 Å². The second-order valence-electron chi connectivity index (χ2n) is 5.48. The summed E-state index contributed by atoms with van der Waals surface area (Å²) in [4.78, 5) is 11.7. The first-order valence-corrected chi connectivity index (χ1v) is 7.17. The van der Waals surface area contributed by atoms with Gasteiger partial charge in [-0.2, -0.15) is 0 Å². The Bertz CT molecular complexity index is 473. The Hall–Kier alpha value is -1.75. The van der Waals surface area contributed by atoms with E-state index in [-0.39, 0.29) is 5.91 Å². The third kappa shape index (κ3) is 4.93. The van der Waals surface area contributed by atoms with Crippen molar-refractivity contribution in [3.8, 4) is 11.5 Å². The van der Waals surface area contributed by atoms with Gasteiger partial charge in [-0.25, -0.2) is 0 Å². The van der Waals surface area contributed by atoms with Crippen LogP contribution in [0.3, 0.4) is 0 Å². The molecule has 0 spiro atoms. The monoisotopic (exact) mass is 294 g/mol. The lowest BCUT2D eigenvalue weighted by Gasteiger charge is -2.23. The van der Waals surface area contributed by atoms with Crippen LogP contribution >= 0.6 is 0 Å². The van der Waals surface area contributed by atoms with Crippen LogP contribution in [0.5, 0.6) is 11.5 Å². The zero-order chi connectivity index (χ0) is 15.9. The molecule has 1 rings (SSSR count). The molecule has 1 amide bonds. The van der Waals surface area contributed by atoms with Crippen LogP contribution in [0.15, 0.2) is 18.2 Å². The van der Waals surface area contributed by atoms with Gasteiger partial charge < -0.3 is 20.1 Å². The predicted octanol–water partition coefficient (Wildman–Crippen LogP) is 1.96. The molecule has 0 aliphatic rings. The Kier molecular flexibility index (Phi) is 6.49. The van der Waals surface area contributed by atoms with Crippen LogP contribution in [0.25, 0.3) is 0 Å². The Balaban J connectivity index is 2.63. The van der Waals surface area contributed by atoms with E-state index in [4.69, 9.17) is 9.47 Å². The van der Waals surface area contributed by atoms with Crippen LogP contribution in [0.2, 0.25) is 0 Å². The zero-order valence-corrected chi connectivity index (χ0v) is 13.6. The summed E-state index contributed by atoms with van der Waals surface area (Å²) >= 11 is 0. The lowest BCUT2D eigenvalue weighted by Crippen LogP contribution is -2.41. The van der Waals surface area contributed by atoms with Crippen molar-refractivity contribution < 1.29 is 14.3 Å². The van der Waals surface area contributed by atoms with E-state index < -0.39 is 5.41 Å². The van der Waals surface area contributed by atoms with Crippen molar-refractivity contribution in [2.75, 3.05) is 27.3 Å². The van der Waals surface area contributed by atoms with Crippen LogP contribution < -0.4 is 20.1 Å². The molecule has 5 nitrogen and oxygen atoms in total. The van der Waals surface area contributed by atoms with E-state index in [9.17, 15) is 4.79 Å². The molecule has 0 radical (unpaired) electrons. The molecule has 2 N–H and O–H groups in total. The van der Waals surface area contributed by atoms with Crippen LogP contribution in [0.4, 0.5) is 0 Å². The summed E-state index contributed by atoms with van der Waals surface area (Å²) in [6, 6.07) is 5.84. The molecule has 21 heavy (non-hydrogen) atoms. The largest absolute Gasteiger partial charge is 0.493 e. The molecular formula is C16H26N2O3. The Labute approximate surface area is 127 Å². The maximum Gasteiger partial charge on any atom is 0.226 e. The molecular weight excluding hydrogens is 268 g/mol. The number of methoxy groups -OCH3 is 1. The molecule has 0 saturated carbocycles. The number of carbonyl (C=O) groups excluding carboxylic acids is 1. The lowest BCUT2D eigenvalue weighted by atomic mass is 9.92. The van der Waals surface area contributed by atoms with Gasteiger partial charge in [-0.3, -0.25) is 4.79 Å². The van der Waals surface area contributed by atoms with Crippen molar-refractivity contribution in [1.82, 2.24) is 10.6 Å². The molecule has 1 aromatic rings. The predicted molar refractivity (Wildman–Crippen MR) is 83.7 cm³/mol. The highest BCUT2D eigenvalue weighted by molar-refractivity contribution is 5.81. The minimum atomic E-state index is -0.441. The van der Waals surface area contributed by atoms with Crippen molar-refractivity contribution in [3.63, 3.8) is 0 Å². The van der Waals surface area contributed by atoms with Gasteiger partial charge in [-0.1, -0.05) is 6.07 Å². The van der Waals surface area contributed by atoms with Crippen LogP contribution in [-0.4, -0.2) is 33.2 Å². The fourth-order valence-corrected chi connectivity index (χ4v) is 2.04. The highest BCUT2D eigenvalue weighted by Crippen LogP contribution is 2.28. The highest BCUT2D eigenvalue weighted by atomic mass is 16.5. The molecule has 1 aromatic carbocycles. The summed E-state index contributed by atoms with van der Waals surface area (Å²) in [5, 5.41) is 5.99. The summed E-state index contributed by atoms with van der Waals surface area (Å²) in [6.45, 7) is 7.64. The Morgan fingerprint density at radius 1 is 1.29 bits per heavy atom. The normalized spacial score (nSPS) is 11.1. The van der Waals surface area contributed by atoms with Crippen LogP contribution in [0, 0.1) is 5.41 Å². The maximum absolute atomic E-state index is 11.7. The molecule has 0 fully saturated rings. The van der Waals surface area contributed by atoms with Crippen molar-refractivity contribution >= 4 is 5.91 Å². The van der Waals surface area contributed by atoms with Gasteiger partial charge in [0.1, 0.15) is 0 Å². The molecule has 118 valence electrons. The number of amides is 1. The number of hydrogen-bond donors (Lipinski definition) is 2. The molecule has 0 unspecified atom stereocenters. The molecule has 0 aliphatic carbocycles. The van der Waals surface area contributed by atoms with E-state index in [0.717, 1.165) is 17.1 Å².